The van der Waals surface area contributed by atoms with Crippen molar-refractivity contribution < 1.29 is 0 Å². The van der Waals surface area contributed by atoms with Gasteiger partial charge in [0.05, 0.1) is 0 Å². The first kappa shape index (κ1) is 7.83. The highest BCUT2D eigenvalue weighted by atomic mass is 79.9. The molecule has 0 amide bonds. The molecule has 1 fully saturated rings. The van der Waals surface area contributed by atoms with E-state index in [4.69, 9.17) is 5.73 Å². The van der Waals surface area contributed by atoms with Gasteiger partial charge in [0.1, 0.15) is 0 Å². The van der Waals surface area contributed by atoms with Crippen molar-refractivity contribution in [1.29, 1.82) is 0 Å². The van der Waals surface area contributed by atoms with Crippen LogP contribution in [-0.2, 0) is 5.41 Å². The van der Waals surface area contributed by atoms with E-state index >= 15 is 0 Å². The number of anilines is 1. The lowest BCUT2D eigenvalue weighted by molar-refractivity contribution is 0.733. The molecule has 68 valence electrons. The normalized spacial score (nSPS) is 34.5. The molecular formula is C10H11BrN2. The first-order valence-corrected chi connectivity index (χ1v) is 5.31. The van der Waals surface area contributed by atoms with E-state index in [9.17, 15) is 0 Å². The number of nitrogens with one attached hydrogen (secondary N) is 1. The zero-order valence-corrected chi connectivity index (χ0v) is 8.76. The quantitative estimate of drug-likeness (QED) is 0.725. The first-order chi connectivity index (χ1) is 6.22. The Morgan fingerprint density at radius 3 is 3.00 bits per heavy atom. The molecule has 1 aliphatic heterocycles. The maximum Gasteiger partial charge on any atom is 0.0391 e. The summed E-state index contributed by atoms with van der Waals surface area (Å²) >= 11 is 3.47. The Labute approximate surface area is 85.6 Å². The second kappa shape index (κ2) is 2.28. The predicted octanol–water partition coefficient (Wildman–Crippen LogP) is 1.84. The van der Waals surface area contributed by atoms with Gasteiger partial charge in [-0.1, -0.05) is 22.0 Å². The molecule has 0 saturated heterocycles. The van der Waals surface area contributed by atoms with Crippen LogP contribution in [0.5, 0.6) is 0 Å². The third-order valence-corrected chi connectivity index (χ3v) is 3.74. The minimum absolute atomic E-state index is 0.274. The standard InChI is InChI=1S/C10H11BrN2/c11-6-1-2-7-8(3-6)13-5-10(7)4-9(10)12/h1-3,9,13H,4-5,12H2. The number of halogens is 1. The van der Waals surface area contributed by atoms with Gasteiger partial charge < -0.3 is 11.1 Å². The van der Waals surface area contributed by atoms with E-state index in [1.54, 1.807) is 0 Å². The molecule has 1 heterocycles. The molecule has 3 heteroatoms. The van der Waals surface area contributed by atoms with E-state index < -0.39 is 0 Å². The van der Waals surface area contributed by atoms with Crippen LogP contribution in [0.1, 0.15) is 12.0 Å². The van der Waals surface area contributed by atoms with Crippen molar-refractivity contribution in [1.82, 2.24) is 0 Å². The molecule has 0 radical (unpaired) electrons. The summed E-state index contributed by atoms with van der Waals surface area (Å²) in [6, 6.07) is 6.78. The summed E-state index contributed by atoms with van der Waals surface area (Å²) in [4.78, 5) is 0. The van der Waals surface area contributed by atoms with E-state index in [0.717, 1.165) is 17.4 Å². The smallest absolute Gasteiger partial charge is 0.0391 e. The highest BCUT2D eigenvalue weighted by Gasteiger charge is 2.56. The predicted molar refractivity (Wildman–Crippen MR) is 56.9 cm³/mol. The van der Waals surface area contributed by atoms with Crippen molar-refractivity contribution in [3.8, 4) is 0 Å². The van der Waals surface area contributed by atoms with Gasteiger partial charge >= 0.3 is 0 Å². The zero-order valence-electron chi connectivity index (χ0n) is 7.18. The molecule has 1 saturated carbocycles. The van der Waals surface area contributed by atoms with Crippen LogP contribution in [0.4, 0.5) is 5.69 Å². The lowest BCUT2D eigenvalue weighted by Crippen LogP contribution is -2.20. The van der Waals surface area contributed by atoms with Gasteiger partial charge in [-0.25, -0.2) is 0 Å². The number of rotatable bonds is 0. The summed E-state index contributed by atoms with van der Waals surface area (Å²) in [5, 5.41) is 3.41. The average molecular weight is 239 g/mol. The summed E-state index contributed by atoms with van der Waals surface area (Å²) in [7, 11) is 0. The van der Waals surface area contributed by atoms with Crippen LogP contribution in [0.3, 0.4) is 0 Å². The van der Waals surface area contributed by atoms with Crippen molar-refractivity contribution in [3.63, 3.8) is 0 Å². The van der Waals surface area contributed by atoms with Gasteiger partial charge in [-0.3, -0.25) is 0 Å². The van der Waals surface area contributed by atoms with Gasteiger partial charge in [-0.15, -0.1) is 0 Å². The Balaban J connectivity index is 2.13. The molecule has 2 atom stereocenters. The lowest BCUT2D eigenvalue weighted by atomic mass is 9.98. The van der Waals surface area contributed by atoms with E-state index in [1.165, 1.54) is 11.3 Å². The molecule has 2 nitrogen and oxygen atoms in total. The molecule has 1 spiro atoms. The zero-order chi connectivity index (χ0) is 9.05. The van der Waals surface area contributed by atoms with Crippen LogP contribution in [0.25, 0.3) is 0 Å². The molecule has 2 aliphatic rings. The summed E-state index contributed by atoms with van der Waals surface area (Å²) in [5.41, 5.74) is 8.90. The summed E-state index contributed by atoms with van der Waals surface area (Å²) in [5.74, 6) is 0. The second-order valence-electron chi connectivity index (χ2n) is 4.01. The van der Waals surface area contributed by atoms with Crippen LogP contribution in [0, 0.1) is 0 Å². The molecule has 2 unspecified atom stereocenters. The lowest BCUT2D eigenvalue weighted by Gasteiger charge is -2.06. The summed E-state index contributed by atoms with van der Waals surface area (Å²) in [6.45, 7) is 1.01. The molecule has 3 N–H and O–H groups in total. The van der Waals surface area contributed by atoms with Gasteiger partial charge in [0.25, 0.3) is 0 Å². The van der Waals surface area contributed by atoms with Crippen LogP contribution in [0.2, 0.25) is 0 Å². The number of benzene rings is 1. The van der Waals surface area contributed by atoms with E-state index in [2.05, 4.69) is 39.4 Å². The van der Waals surface area contributed by atoms with Gasteiger partial charge in [-0.05, 0) is 24.1 Å². The van der Waals surface area contributed by atoms with E-state index in [1.807, 2.05) is 0 Å². The Hall–Kier alpha value is -0.540. The molecule has 0 aromatic heterocycles. The van der Waals surface area contributed by atoms with Crippen molar-refractivity contribution in [2.75, 3.05) is 11.9 Å². The van der Waals surface area contributed by atoms with Crippen molar-refractivity contribution >= 4 is 21.6 Å². The first-order valence-electron chi connectivity index (χ1n) is 4.52. The Morgan fingerprint density at radius 2 is 2.31 bits per heavy atom. The fourth-order valence-electron chi connectivity index (χ4n) is 2.29. The third kappa shape index (κ3) is 0.916. The second-order valence-corrected chi connectivity index (χ2v) is 4.93. The maximum absolute atomic E-state index is 5.96. The minimum atomic E-state index is 0.274. The molecule has 3 rings (SSSR count). The van der Waals surface area contributed by atoms with Crippen molar-refractivity contribution in [3.05, 3.63) is 28.2 Å². The minimum Gasteiger partial charge on any atom is -0.384 e. The van der Waals surface area contributed by atoms with Gasteiger partial charge in [0, 0.05) is 28.2 Å². The molecule has 0 bridgehead atoms. The maximum atomic E-state index is 5.96. The number of fused-ring (bicyclic) bond motifs is 2. The SMILES string of the molecule is NC1CC12CNc1cc(Br)ccc12. The largest absolute Gasteiger partial charge is 0.384 e. The third-order valence-electron chi connectivity index (χ3n) is 3.25. The van der Waals surface area contributed by atoms with Crippen LogP contribution in [0.15, 0.2) is 22.7 Å². The average Bonchev–Trinajstić information content (AvgIpc) is 2.59. The molecule has 1 aromatic rings. The van der Waals surface area contributed by atoms with Crippen LogP contribution in [-0.4, -0.2) is 12.6 Å². The van der Waals surface area contributed by atoms with Crippen molar-refractivity contribution in [2.24, 2.45) is 5.73 Å². The molecular weight excluding hydrogens is 228 g/mol. The van der Waals surface area contributed by atoms with E-state index in [-0.39, 0.29) is 5.41 Å². The Kier molecular flexibility index (Phi) is 1.37. The summed E-state index contributed by atoms with van der Waals surface area (Å²) < 4.78 is 1.13. The van der Waals surface area contributed by atoms with Gasteiger partial charge in [0.15, 0.2) is 0 Å². The van der Waals surface area contributed by atoms with Crippen LogP contribution >= 0.6 is 15.9 Å². The van der Waals surface area contributed by atoms with Gasteiger partial charge in [0.2, 0.25) is 0 Å². The highest BCUT2D eigenvalue weighted by Crippen LogP contribution is 2.53. The van der Waals surface area contributed by atoms with Gasteiger partial charge in [-0.2, -0.15) is 0 Å². The molecule has 1 aliphatic carbocycles. The Bertz CT molecular complexity index is 377. The number of nitrogens with two attached hydrogens (primary N) is 1. The number of hydrogen-bond donors (Lipinski definition) is 2. The number of hydrogen-bond acceptors (Lipinski definition) is 2. The fourth-order valence-corrected chi connectivity index (χ4v) is 2.65. The Morgan fingerprint density at radius 1 is 1.54 bits per heavy atom. The monoisotopic (exact) mass is 238 g/mol. The topological polar surface area (TPSA) is 38.0 Å². The molecule has 1 aromatic carbocycles. The van der Waals surface area contributed by atoms with Crippen LogP contribution < -0.4 is 11.1 Å². The summed E-state index contributed by atoms with van der Waals surface area (Å²) in [6.07, 6.45) is 1.13. The fraction of sp³-hybridized carbons (Fsp3) is 0.400. The molecule has 13 heavy (non-hydrogen) atoms. The van der Waals surface area contributed by atoms with Crippen molar-refractivity contribution in [2.45, 2.75) is 17.9 Å². The van der Waals surface area contributed by atoms with E-state index in [0.29, 0.717) is 6.04 Å². The highest BCUT2D eigenvalue weighted by molar-refractivity contribution is 9.10.